The van der Waals surface area contributed by atoms with Crippen LogP contribution in [0.1, 0.15) is 22.4 Å². The van der Waals surface area contributed by atoms with E-state index >= 15 is 0 Å². The van der Waals surface area contributed by atoms with E-state index in [0.717, 1.165) is 22.0 Å². The van der Waals surface area contributed by atoms with Gasteiger partial charge in [-0.3, -0.25) is 0 Å². The van der Waals surface area contributed by atoms with Gasteiger partial charge in [-0.05, 0) is 69.9 Å². The van der Waals surface area contributed by atoms with E-state index in [1.807, 2.05) is 48.0 Å². The van der Waals surface area contributed by atoms with Crippen molar-refractivity contribution in [1.82, 2.24) is 29.6 Å². The number of hydrogen-bond donors (Lipinski definition) is 1. The molecule has 0 radical (unpaired) electrons. The van der Waals surface area contributed by atoms with Gasteiger partial charge >= 0.3 is 0 Å². The van der Waals surface area contributed by atoms with Crippen molar-refractivity contribution in [2.45, 2.75) is 12.5 Å². The Bertz CT molecular complexity index is 1690. The summed E-state index contributed by atoms with van der Waals surface area (Å²) < 4.78 is 3.53. The molecule has 35 heavy (non-hydrogen) atoms. The molecule has 3 aromatic carbocycles. The highest BCUT2D eigenvalue weighted by molar-refractivity contribution is 6.30. The molecule has 1 N–H and O–H groups in total. The third kappa shape index (κ3) is 3.39. The molecular weight excluding hydrogens is 460 g/mol. The highest BCUT2D eigenvalue weighted by Crippen LogP contribution is 2.40. The SMILES string of the molecule is Cc1ccc(-c2cc3nnnn3c3ccc(C(O)(c4ccc(Cl)cc4)c4cncn4C)cc23)cc1. The van der Waals surface area contributed by atoms with E-state index in [1.165, 1.54) is 5.56 Å². The third-order valence-electron chi connectivity index (χ3n) is 6.51. The van der Waals surface area contributed by atoms with Crippen LogP contribution < -0.4 is 0 Å². The number of hydrogen-bond acceptors (Lipinski definition) is 5. The van der Waals surface area contributed by atoms with Gasteiger partial charge in [0.2, 0.25) is 0 Å². The molecule has 0 aliphatic rings. The number of tetrazole rings is 1. The Morgan fingerprint density at radius 2 is 1.66 bits per heavy atom. The lowest BCUT2D eigenvalue weighted by Gasteiger charge is -2.30. The summed E-state index contributed by atoms with van der Waals surface area (Å²) in [6.07, 6.45) is 3.36. The lowest BCUT2D eigenvalue weighted by molar-refractivity contribution is 0.117. The van der Waals surface area contributed by atoms with Crippen LogP contribution >= 0.6 is 11.6 Å². The average molecular weight is 481 g/mol. The lowest BCUT2D eigenvalue weighted by Crippen LogP contribution is -2.31. The van der Waals surface area contributed by atoms with Gasteiger partial charge in [0.15, 0.2) is 11.2 Å². The molecule has 0 aliphatic heterocycles. The second-order valence-corrected chi connectivity index (χ2v) is 9.15. The molecule has 6 aromatic rings. The Hall–Kier alpha value is -4.07. The zero-order valence-corrected chi connectivity index (χ0v) is 19.8. The smallest absolute Gasteiger partial charge is 0.180 e. The Labute approximate surface area is 206 Å². The molecular formula is C27H21ClN6O. The van der Waals surface area contributed by atoms with Crippen LogP contribution in [0, 0.1) is 6.92 Å². The van der Waals surface area contributed by atoms with E-state index in [9.17, 15) is 5.11 Å². The van der Waals surface area contributed by atoms with E-state index < -0.39 is 5.60 Å². The summed E-state index contributed by atoms with van der Waals surface area (Å²) in [5, 5.41) is 26.1. The Kier molecular flexibility index (Phi) is 4.91. The van der Waals surface area contributed by atoms with Gasteiger partial charge in [0, 0.05) is 17.5 Å². The van der Waals surface area contributed by atoms with Gasteiger partial charge in [0.05, 0.1) is 23.7 Å². The molecule has 0 saturated heterocycles. The van der Waals surface area contributed by atoms with Crippen molar-refractivity contribution in [3.63, 3.8) is 0 Å². The molecule has 0 saturated carbocycles. The molecule has 6 rings (SSSR count). The van der Waals surface area contributed by atoms with Gasteiger partial charge in [-0.1, -0.05) is 59.6 Å². The van der Waals surface area contributed by atoms with Crippen LogP contribution in [-0.4, -0.2) is 34.7 Å². The molecule has 0 aliphatic carbocycles. The molecule has 172 valence electrons. The van der Waals surface area contributed by atoms with Gasteiger partial charge in [-0.25, -0.2) is 4.98 Å². The number of fused-ring (bicyclic) bond motifs is 3. The van der Waals surface area contributed by atoms with Crippen LogP contribution in [0.4, 0.5) is 0 Å². The van der Waals surface area contributed by atoms with Crippen LogP contribution in [0.5, 0.6) is 0 Å². The molecule has 0 fully saturated rings. The number of aromatic nitrogens is 6. The molecule has 8 heteroatoms. The first kappa shape index (κ1) is 21.5. The van der Waals surface area contributed by atoms with E-state index in [-0.39, 0.29) is 0 Å². The number of aliphatic hydroxyl groups is 1. The lowest BCUT2D eigenvalue weighted by atomic mass is 9.82. The molecule has 0 spiro atoms. The van der Waals surface area contributed by atoms with E-state index in [0.29, 0.717) is 27.5 Å². The number of pyridine rings is 1. The van der Waals surface area contributed by atoms with Gasteiger partial charge < -0.3 is 9.67 Å². The number of nitrogens with zero attached hydrogens (tertiary/aromatic N) is 6. The highest BCUT2D eigenvalue weighted by atomic mass is 35.5. The quantitative estimate of drug-likeness (QED) is 0.387. The number of benzene rings is 3. The molecule has 3 heterocycles. The van der Waals surface area contributed by atoms with Crippen molar-refractivity contribution in [3.8, 4) is 11.1 Å². The first-order valence-corrected chi connectivity index (χ1v) is 11.5. The second kappa shape index (κ2) is 8.01. The minimum atomic E-state index is -1.47. The normalized spacial score (nSPS) is 13.4. The summed E-state index contributed by atoms with van der Waals surface area (Å²) in [7, 11) is 1.87. The maximum atomic E-state index is 12.4. The van der Waals surface area contributed by atoms with Crippen LogP contribution in [0.3, 0.4) is 0 Å². The molecule has 0 bridgehead atoms. The van der Waals surface area contributed by atoms with Crippen LogP contribution in [0.2, 0.25) is 5.02 Å². The topological polar surface area (TPSA) is 81.1 Å². The fourth-order valence-electron chi connectivity index (χ4n) is 4.66. The van der Waals surface area contributed by atoms with Crippen molar-refractivity contribution in [2.75, 3.05) is 0 Å². The summed E-state index contributed by atoms with van der Waals surface area (Å²) in [6.45, 7) is 2.06. The minimum absolute atomic E-state index is 0.599. The van der Waals surface area contributed by atoms with Gasteiger partial charge in [-0.15, -0.1) is 5.10 Å². The predicted molar refractivity (Wildman–Crippen MR) is 135 cm³/mol. The maximum Gasteiger partial charge on any atom is 0.180 e. The second-order valence-electron chi connectivity index (χ2n) is 8.71. The van der Waals surface area contributed by atoms with E-state index in [4.69, 9.17) is 11.6 Å². The minimum Gasteiger partial charge on any atom is -0.374 e. The molecule has 0 amide bonds. The van der Waals surface area contributed by atoms with Crippen molar-refractivity contribution in [1.29, 1.82) is 0 Å². The van der Waals surface area contributed by atoms with E-state index in [1.54, 1.807) is 29.2 Å². The van der Waals surface area contributed by atoms with Crippen molar-refractivity contribution >= 4 is 28.2 Å². The first-order chi connectivity index (χ1) is 16.9. The highest BCUT2D eigenvalue weighted by Gasteiger charge is 2.37. The third-order valence-corrected chi connectivity index (χ3v) is 6.76. The Morgan fingerprint density at radius 3 is 2.37 bits per heavy atom. The Balaban J connectivity index is 1.67. The van der Waals surface area contributed by atoms with Crippen molar-refractivity contribution < 1.29 is 5.11 Å². The zero-order chi connectivity index (χ0) is 24.2. The summed E-state index contributed by atoms with van der Waals surface area (Å²) in [5.74, 6) is 0. The van der Waals surface area contributed by atoms with Crippen LogP contribution in [0.15, 0.2) is 85.3 Å². The number of aryl methyl sites for hydroxylation is 2. The summed E-state index contributed by atoms with van der Waals surface area (Å²) in [5.41, 5.74) is 5.24. The van der Waals surface area contributed by atoms with Gasteiger partial charge in [-0.2, -0.15) is 4.52 Å². The standard InChI is InChI=1S/C27H21ClN6O/c1-17-3-5-18(6-4-17)22-14-26-30-31-32-34(26)24-12-9-20(13-23(22)24)27(35,25-15-29-16-33(25)2)19-7-10-21(28)11-8-19/h3-16,35H,1-2H3. The van der Waals surface area contributed by atoms with E-state index in [2.05, 4.69) is 51.7 Å². The summed E-state index contributed by atoms with van der Waals surface area (Å²) in [6, 6.07) is 23.4. The van der Waals surface area contributed by atoms with Gasteiger partial charge in [0.1, 0.15) is 0 Å². The molecule has 7 nitrogen and oxygen atoms in total. The average Bonchev–Trinajstić information content (AvgIpc) is 3.53. The fraction of sp³-hybridized carbons (Fsp3) is 0.111. The number of rotatable bonds is 4. The summed E-state index contributed by atoms with van der Waals surface area (Å²) in [4.78, 5) is 4.27. The maximum absolute atomic E-state index is 12.4. The molecule has 1 atom stereocenters. The monoisotopic (exact) mass is 480 g/mol. The predicted octanol–water partition coefficient (Wildman–Crippen LogP) is 4.92. The van der Waals surface area contributed by atoms with Crippen LogP contribution in [-0.2, 0) is 12.6 Å². The molecule has 3 aromatic heterocycles. The summed E-state index contributed by atoms with van der Waals surface area (Å²) >= 11 is 6.17. The van der Waals surface area contributed by atoms with Crippen LogP contribution in [0.25, 0.3) is 27.7 Å². The first-order valence-electron chi connectivity index (χ1n) is 11.1. The van der Waals surface area contributed by atoms with Gasteiger partial charge in [0.25, 0.3) is 0 Å². The Morgan fingerprint density at radius 1 is 0.914 bits per heavy atom. The fourth-order valence-corrected chi connectivity index (χ4v) is 4.78. The zero-order valence-electron chi connectivity index (χ0n) is 19.1. The molecule has 1 unspecified atom stereocenters. The van der Waals surface area contributed by atoms with Crippen molar-refractivity contribution in [3.05, 3.63) is 113 Å². The largest absolute Gasteiger partial charge is 0.374 e. The number of imidazole rings is 1. The van der Waals surface area contributed by atoms with Crippen molar-refractivity contribution in [2.24, 2.45) is 7.05 Å². The number of halogens is 1.